The van der Waals surface area contributed by atoms with Crippen molar-refractivity contribution in [3.8, 4) is 11.5 Å². The number of ether oxygens (including phenoxy) is 2. The summed E-state index contributed by atoms with van der Waals surface area (Å²) in [5.41, 5.74) is 6.77. The maximum Gasteiger partial charge on any atom is 0.150 e. The highest BCUT2D eigenvalue weighted by Gasteiger charge is 2.20. The third-order valence-corrected chi connectivity index (χ3v) is 3.43. The molecule has 0 aliphatic carbocycles. The second kappa shape index (κ2) is 4.54. The van der Waals surface area contributed by atoms with Gasteiger partial charge in [0, 0.05) is 17.9 Å². The molecule has 5 nitrogen and oxygen atoms in total. The monoisotopic (exact) mass is 257 g/mol. The molecule has 6 heteroatoms. The zero-order chi connectivity index (χ0) is 12.5. The minimum atomic E-state index is -2.99. The topological polar surface area (TPSA) is 78.6 Å². The van der Waals surface area contributed by atoms with Crippen LogP contribution >= 0.6 is 0 Å². The van der Waals surface area contributed by atoms with E-state index >= 15 is 0 Å². The highest BCUT2D eigenvalue weighted by Crippen LogP contribution is 2.33. The minimum Gasteiger partial charge on any atom is -0.492 e. The molecule has 0 amide bonds. The van der Waals surface area contributed by atoms with Gasteiger partial charge in [0.05, 0.1) is 11.8 Å². The minimum absolute atomic E-state index is 0.00442. The Bertz CT molecular complexity index is 512. The second-order valence-electron chi connectivity index (χ2n) is 4.10. The van der Waals surface area contributed by atoms with E-state index in [9.17, 15) is 8.42 Å². The van der Waals surface area contributed by atoms with Crippen LogP contribution in [0.4, 0.5) is 0 Å². The van der Waals surface area contributed by atoms with Gasteiger partial charge in [-0.05, 0) is 12.1 Å². The van der Waals surface area contributed by atoms with Crippen LogP contribution in [0, 0.1) is 0 Å². The first-order valence-corrected chi connectivity index (χ1v) is 7.34. The average Bonchev–Trinajstić information content (AvgIpc) is 2.58. The molecule has 0 bridgehead atoms. The Hall–Kier alpha value is -1.27. The fourth-order valence-electron chi connectivity index (χ4n) is 1.62. The van der Waals surface area contributed by atoms with Crippen molar-refractivity contribution in [1.29, 1.82) is 0 Å². The molecule has 17 heavy (non-hydrogen) atoms. The van der Waals surface area contributed by atoms with Crippen molar-refractivity contribution in [3.63, 3.8) is 0 Å². The average molecular weight is 257 g/mol. The van der Waals surface area contributed by atoms with Crippen LogP contribution in [0.3, 0.4) is 0 Å². The van der Waals surface area contributed by atoms with Gasteiger partial charge in [0.1, 0.15) is 24.7 Å². The third-order valence-electron chi connectivity index (χ3n) is 2.53. The second-order valence-corrected chi connectivity index (χ2v) is 6.36. The standard InChI is InChI=1S/C11H15NO4S/c1-17(13,14)5-4-15-8-2-3-9-10(12)7-16-11(9)6-8/h2-3,6,10H,4-5,7,12H2,1H3. The molecule has 0 fully saturated rings. The highest BCUT2D eigenvalue weighted by atomic mass is 32.2. The third kappa shape index (κ3) is 3.10. The molecule has 0 saturated heterocycles. The first-order valence-electron chi connectivity index (χ1n) is 5.28. The van der Waals surface area contributed by atoms with Crippen LogP contribution in [0.1, 0.15) is 11.6 Å². The van der Waals surface area contributed by atoms with E-state index in [1.54, 1.807) is 12.1 Å². The Labute approximate surface area is 100 Å². The molecule has 1 aliphatic heterocycles. The smallest absolute Gasteiger partial charge is 0.150 e. The maximum atomic E-state index is 10.9. The maximum absolute atomic E-state index is 10.9. The van der Waals surface area contributed by atoms with E-state index in [4.69, 9.17) is 15.2 Å². The van der Waals surface area contributed by atoms with Crippen molar-refractivity contribution in [2.75, 3.05) is 25.2 Å². The van der Waals surface area contributed by atoms with Crippen LogP contribution < -0.4 is 15.2 Å². The zero-order valence-corrected chi connectivity index (χ0v) is 10.4. The Balaban J connectivity index is 1.99. The summed E-state index contributed by atoms with van der Waals surface area (Å²) in [6, 6.07) is 5.28. The van der Waals surface area contributed by atoms with E-state index in [-0.39, 0.29) is 18.4 Å². The molecule has 94 valence electrons. The lowest BCUT2D eigenvalue weighted by molar-refractivity contribution is 0.323. The van der Waals surface area contributed by atoms with E-state index in [1.807, 2.05) is 6.07 Å². The Morgan fingerprint density at radius 3 is 3.00 bits per heavy atom. The lowest BCUT2D eigenvalue weighted by Crippen LogP contribution is -2.12. The van der Waals surface area contributed by atoms with E-state index in [0.29, 0.717) is 18.1 Å². The van der Waals surface area contributed by atoms with Crippen molar-refractivity contribution >= 4 is 9.84 Å². The van der Waals surface area contributed by atoms with Gasteiger partial charge in [-0.1, -0.05) is 0 Å². The van der Waals surface area contributed by atoms with E-state index in [2.05, 4.69) is 0 Å². The quantitative estimate of drug-likeness (QED) is 0.850. The molecule has 1 atom stereocenters. The van der Waals surface area contributed by atoms with Gasteiger partial charge in [-0.2, -0.15) is 0 Å². The lowest BCUT2D eigenvalue weighted by Gasteiger charge is -2.07. The van der Waals surface area contributed by atoms with Gasteiger partial charge in [0.15, 0.2) is 9.84 Å². The molecule has 2 N–H and O–H groups in total. The van der Waals surface area contributed by atoms with Crippen LogP contribution in [0.25, 0.3) is 0 Å². The summed E-state index contributed by atoms with van der Waals surface area (Å²) in [6.45, 7) is 0.617. The largest absolute Gasteiger partial charge is 0.492 e. The lowest BCUT2D eigenvalue weighted by atomic mass is 10.1. The Kier molecular flexibility index (Phi) is 3.26. The summed E-state index contributed by atoms with van der Waals surface area (Å²) >= 11 is 0. The number of nitrogens with two attached hydrogens (primary N) is 1. The first-order chi connectivity index (χ1) is 7.96. The van der Waals surface area contributed by atoms with Gasteiger partial charge in [-0.25, -0.2) is 8.42 Å². The van der Waals surface area contributed by atoms with Gasteiger partial charge in [0.25, 0.3) is 0 Å². The normalized spacial score (nSPS) is 18.6. The SMILES string of the molecule is CS(=O)(=O)CCOc1ccc2c(c1)OCC2N. The van der Waals surface area contributed by atoms with Gasteiger partial charge in [-0.15, -0.1) is 0 Å². The van der Waals surface area contributed by atoms with Gasteiger partial charge in [-0.3, -0.25) is 0 Å². The number of hydrogen-bond donors (Lipinski definition) is 1. The van der Waals surface area contributed by atoms with Gasteiger partial charge in [0.2, 0.25) is 0 Å². The predicted molar refractivity (Wildman–Crippen MR) is 64.1 cm³/mol. The molecule has 0 saturated carbocycles. The van der Waals surface area contributed by atoms with Crippen molar-refractivity contribution in [2.24, 2.45) is 5.73 Å². The van der Waals surface area contributed by atoms with E-state index in [1.165, 1.54) is 6.26 Å². The molecular weight excluding hydrogens is 242 g/mol. The fourth-order valence-corrected chi connectivity index (χ4v) is 2.00. The van der Waals surface area contributed by atoms with Crippen LogP contribution in [-0.4, -0.2) is 33.6 Å². The van der Waals surface area contributed by atoms with Crippen molar-refractivity contribution in [2.45, 2.75) is 6.04 Å². The number of fused-ring (bicyclic) bond motifs is 1. The van der Waals surface area contributed by atoms with Gasteiger partial charge < -0.3 is 15.2 Å². The molecule has 0 radical (unpaired) electrons. The van der Waals surface area contributed by atoms with Crippen LogP contribution in [0.15, 0.2) is 18.2 Å². The summed E-state index contributed by atoms with van der Waals surface area (Å²) in [7, 11) is -2.99. The molecule has 0 spiro atoms. The van der Waals surface area contributed by atoms with E-state index < -0.39 is 9.84 Å². The summed E-state index contributed by atoms with van der Waals surface area (Å²) in [5, 5.41) is 0. The predicted octanol–water partition coefficient (Wildman–Crippen LogP) is 0.502. The van der Waals surface area contributed by atoms with Crippen LogP contribution in [0.2, 0.25) is 0 Å². The Morgan fingerprint density at radius 1 is 1.53 bits per heavy atom. The van der Waals surface area contributed by atoms with Crippen molar-refractivity contribution < 1.29 is 17.9 Å². The summed E-state index contributed by atoms with van der Waals surface area (Å²) < 4.78 is 32.6. The van der Waals surface area contributed by atoms with Crippen molar-refractivity contribution in [1.82, 2.24) is 0 Å². The molecule has 0 aromatic heterocycles. The summed E-state index contributed by atoms with van der Waals surface area (Å²) in [5.74, 6) is 1.32. The molecule has 1 unspecified atom stereocenters. The van der Waals surface area contributed by atoms with Crippen LogP contribution in [0.5, 0.6) is 11.5 Å². The molecular formula is C11H15NO4S. The van der Waals surface area contributed by atoms with Crippen molar-refractivity contribution in [3.05, 3.63) is 23.8 Å². The number of sulfone groups is 1. The molecule has 1 heterocycles. The molecule has 2 rings (SSSR count). The molecule has 1 aromatic carbocycles. The summed E-state index contributed by atoms with van der Waals surface area (Å²) in [4.78, 5) is 0. The van der Waals surface area contributed by atoms with Gasteiger partial charge >= 0.3 is 0 Å². The summed E-state index contributed by atoms with van der Waals surface area (Å²) in [6.07, 6.45) is 1.18. The molecule has 1 aromatic rings. The zero-order valence-electron chi connectivity index (χ0n) is 9.55. The highest BCUT2D eigenvalue weighted by molar-refractivity contribution is 7.90. The number of rotatable bonds is 4. The fraction of sp³-hybridized carbons (Fsp3) is 0.455. The van der Waals surface area contributed by atoms with E-state index in [0.717, 1.165) is 5.56 Å². The number of hydrogen-bond acceptors (Lipinski definition) is 5. The molecule has 1 aliphatic rings. The van der Waals surface area contributed by atoms with Crippen LogP contribution in [-0.2, 0) is 9.84 Å². The number of benzene rings is 1. The Morgan fingerprint density at radius 2 is 2.29 bits per heavy atom. The first kappa shape index (κ1) is 12.2.